The van der Waals surface area contributed by atoms with Crippen LogP contribution in [0.3, 0.4) is 0 Å². The molecule has 0 spiro atoms. The van der Waals surface area contributed by atoms with Crippen molar-refractivity contribution in [2.75, 3.05) is 20.6 Å². The smallest absolute Gasteiger partial charge is 0.228 e. The average molecular weight is 490 g/mol. The highest BCUT2D eigenvalue weighted by molar-refractivity contribution is 7.17. The molecule has 0 unspecified atom stereocenters. The predicted octanol–water partition coefficient (Wildman–Crippen LogP) is 5.66. The van der Waals surface area contributed by atoms with Gasteiger partial charge in [0.15, 0.2) is 0 Å². The molecule has 0 saturated carbocycles. The van der Waals surface area contributed by atoms with E-state index >= 15 is 0 Å². The molecule has 1 heterocycles. The van der Waals surface area contributed by atoms with Crippen LogP contribution in [-0.2, 0) is 11.2 Å². The fourth-order valence-electron chi connectivity index (χ4n) is 4.33. The average Bonchev–Trinajstić information content (AvgIpc) is 3.32. The fourth-order valence-corrected chi connectivity index (χ4v) is 5.22. The van der Waals surface area contributed by atoms with Gasteiger partial charge >= 0.3 is 0 Å². The standard InChI is InChI=1S/C27H31N5O2S/c1-17(2)34-24-13-12-18(16-23(24)28-3)26-30-31-27(35-26)21-10-6-9-20-19(21)8-7-11-22(20)29-25(33)14-15-32(4)5/h6,9-10,12-13,16-17,22H,7-8,11,14-15H2,1-2,4-5H3,(H,29,33)/t22-/m1/s1. The Morgan fingerprint density at radius 1 is 1.26 bits per heavy atom. The van der Waals surface area contributed by atoms with Crippen molar-refractivity contribution >= 4 is 22.9 Å². The van der Waals surface area contributed by atoms with E-state index in [0.717, 1.165) is 46.9 Å². The van der Waals surface area contributed by atoms with E-state index < -0.39 is 0 Å². The minimum absolute atomic E-state index is 0.000308. The molecule has 1 atom stereocenters. The van der Waals surface area contributed by atoms with E-state index in [1.807, 2.05) is 57.1 Å². The van der Waals surface area contributed by atoms with Gasteiger partial charge in [-0.2, -0.15) is 0 Å². The number of nitrogens with one attached hydrogen (secondary N) is 1. The van der Waals surface area contributed by atoms with Gasteiger partial charge in [-0.25, -0.2) is 4.85 Å². The summed E-state index contributed by atoms with van der Waals surface area (Å²) in [7, 11) is 3.95. The van der Waals surface area contributed by atoms with Gasteiger partial charge in [0.25, 0.3) is 0 Å². The zero-order valence-corrected chi connectivity index (χ0v) is 21.5. The molecule has 1 amide bonds. The van der Waals surface area contributed by atoms with Crippen molar-refractivity contribution in [2.24, 2.45) is 0 Å². The maximum absolute atomic E-state index is 12.5. The summed E-state index contributed by atoms with van der Waals surface area (Å²) in [4.78, 5) is 18.1. The Balaban J connectivity index is 1.59. The van der Waals surface area contributed by atoms with Crippen LogP contribution in [0.25, 0.3) is 26.0 Å². The number of hydrogen-bond donors (Lipinski definition) is 1. The molecule has 0 bridgehead atoms. The van der Waals surface area contributed by atoms with Crippen LogP contribution in [0, 0.1) is 6.57 Å². The first-order valence-corrected chi connectivity index (χ1v) is 12.8. The van der Waals surface area contributed by atoms with E-state index in [9.17, 15) is 4.79 Å². The van der Waals surface area contributed by atoms with Crippen molar-refractivity contribution in [2.45, 2.75) is 51.7 Å². The van der Waals surface area contributed by atoms with Crippen LogP contribution in [0.2, 0.25) is 0 Å². The second-order valence-corrected chi connectivity index (χ2v) is 10.3. The number of hydrogen-bond acceptors (Lipinski definition) is 6. The molecule has 3 aromatic rings. The van der Waals surface area contributed by atoms with E-state index in [1.54, 1.807) is 0 Å². The van der Waals surface area contributed by atoms with Crippen LogP contribution < -0.4 is 10.1 Å². The summed E-state index contributed by atoms with van der Waals surface area (Å²) in [6.07, 6.45) is 3.40. The van der Waals surface area contributed by atoms with Crippen LogP contribution in [-0.4, -0.2) is 47.7 Å². The number of amides is 1. The first-order chi connectivity index (χ1) is 16.9. The van der Waals surface area contributed by atoms with Crippen molar-refractivity contribution in [3.8, 4) is 26.9 Å². The summed E-state index contributed by atoms with van der Waals surface area (Å²) in [5, 5.41) is 13.8. The first-order valence-electron chi connectivity index (χ1n) is 11.9. The third-order valence-corrected chi connectivity index (χ3v) is 6.98. The molecule has 0 saturated heterocycles. The zero-order valence-electron chi connectivity index (χ0n) is 20.7. The molecule has 1 aliphatic rings. The molecular formula is C27H31N5O2S. The van der Waals surface area contributed by atoms with Crippen LogP contribution in [0.5, 0.6) is 5.75 Å². The SMILES string of the molecule is [C-]#[N+]c1cc(-c2nnc(-c3cccc4c3CCC[C@H]4NC(=O)CCN(C)C)s2)ccc1OC(C)C. The van der Waals surface area contributed by atoms with Crippen molar-refractivity contribution in [3.63, 3.8) is 0 Å². The second kappa shape index (κ2) is 11.0. The maximum Gasteiger partial charge on any atom is 0.228 e. The minimum Gasteiger partial charge on any atom is -0.502 e. The highest BCUT2D eigenvalue weighted by Gasteiger charge is 2.25. The number of carbonyl (C=O) groups is 1. The normalized spacial score (nSPS) is 15.1. The Bertz CT molecular complexity index is 1240. The lowest BCUT2D eigenvalue weighted by atomic mass is 9.85. The highest BCUT2D eigenvalue weighted by Crippen LogP contribution is 2.40. The van der Waals surface area contributed by atoms with E-state index in [2.05, 4.69) is 32.5 Å². The number of benzene rings is 2. The van der Waals surface area contributed by atoms with Gasteiger partial charge in [0, 0.05) is 24.1 Å². The lowest BCUT2D eigenvalue weighted by Crippen LogP contribution is -2.33. The van der Waals surface area contributed by atoms with Crippen molar-refractivity contribution in [1.29, 1.82) is 0 Å². The summed E-state index contributed by atoms with van der Waals surface area (Å²) >= 11 is 1.52. The number of nitrogens with zero attached hydrogens (tertiary/aromatic N) is 4. The van der Waals surface area contributed by atoms with Crippen molar-refractivity contribution in [1.82, 2.24) is 20.4 Å². The molecule has 182 valence electrons. The van der Waals surface area contributed by atoms with Crippen molar-refractivity contribution in [3.05, 3.63) is 58.9 Å². The molecule has 2 aromatic carbocycles. The van der Waals surface area contributed by atoms with Crippen LogP contribution in [0.4, 0.5) is 5.69 Å². The van der Waals surface area contributed by atoms with Crippen molar-refractivity contribution < 1.29 is 9.53 Å². The van der Waals surface area contributed by atoms with Gasteiger partial charge in [-0.3, -0.25) is 4.79 Å². The number of rotatable bonds is 8. The maximum atomic E-state index is 12.5. The molecule has 0 aliphatic heterocycles. The fraction of sp³-hybridized carbons (Fsp3) is 0.407. The summed E-state index contributed by atoms with van der Waals surface area (Å²) in [6, 6.07) is 11.8. The third-order valence-electron chi connectivity index (χ3n) is 5.97. The number of aromatic nitrogens is 2. The van der Waals surface area contributed by atoms with Crippen LogP contribution in [0.15, 0.2) is 36.4 Å². The summed E-state index contributed by atoms with van der Waals surface area (Å²) < 4.78 is 5.75. The molecule has 1 N–H and O–H groups in total. The quantitative estimate of drug-likeness (QED) is 0.414. The Labute approximate surface area is 211 Å². The lowest BCUT2D eigenvalue weighted by molar-refractivity contribution is -0.122. The summed E-state index contributed by atoms with van der Waals surface area (Å²) in [6.45, 7) is 12.1. The topological polar surface area (TPSA) is 71.7 Å². The largest absolute Gasteiger partial charge is 0.502 e. The van der Waals surface area contributed by atoms with Crippen LogP contribution in [0.1, 0.15) is 50.3 Å². The van der Waals surface area contributed by atoms with Gasteiger partial charge in [0.05, 0.1) is 18.7 Å². The molecule has 4 rings (SSSR count). The van der Waals surface area contributed by atoms with Gasteiger partial charge in [-0.1, -0.05) is 35.6 Å². The van der Waals surface area contributed by atoms with Gasteiger partial charge in [-0.15, -0.1) is 10.2 Å². The predicted molar refractivity (Wildman–Crippen MR) is 140 cm³/mol. The first kappa shape index (κ1) is 24.8. The minimum atomic E-state index is 0.000308. The number of fused-ring (bicyclic) bond motifs is 1. The van der Waals surface area contributed by atoms with Gasteiger partial charge in [0.1, 0.15) is 15.8 Å². The Morgan fingerprint density at radius 3 is 2.80 bits per heavy atom. The molecule has 0 fully saturated rings. The number of ether oxygens (including phenoxy) is 1. The highest BCUT2D eigenvalue weighted by atomic mass is 32.1. The molecule has 1 aromatic heterocycles. The third kappa shape index (κ3) is 5.87. The molecule has 0 radical (unpaired) electrons. The van der Waals surface area contributed by atoms with E-state index in [-0.39, 0.29) is 18.1 Å². The summed E-state index contributed by atoms with van der Waals surface area (Å²) in [5.41, 5.74) is 4.81. The Hall–Kier alpha value is -3.28. The van der Waals surface area contributed by atoms with Gasteiger partial charge in [0.2, 0.25) is 11.6 Å². The Morgan fingerprint density at radius 2 is 2.06 bits per heavy atom. The van der Waals surface area contributed by atoms with Gasteiger partial charge < -0.3 is 15.0 Å². The molecule has 1 aliphatic carbocycles. The Kier molecular flexibility index (Phi) is 7.79. The van der Waals surface area contributed by atoms with E-state index in [4.69, 9.17) is 11.3 Å². The molecule has 35 heavy (non-hydrogen) atoms. The number of carbonyl (C=O) groups excluding carboxylic acids is 1. The second-order valence-electron chi connectivity index (χ2n) is 9.31. The molecule has 7 nitrogen and oxygen atoms in total. The van der Waals surface area contributed by atoms with E-state index in [0.29, 0.717) is 17.9 Å². The summed E-state index contributed by atoms with van der Waals surface area (Å²) in [5.74, 6) is 0.667. The van der Waals surface area contributed by atoms with Gasteiger partial charge in [-0.05, 0) is 70.5 Å². The zero-order chi connectivity index (χ0) is 24.9. The van der Waals surface area contributed by atoms with E-state index in [1.165, 1.54) is 22.5 Å². The molecule has 8 heteroatoms. The van der Waals surface area contributed by atoms with Crippen LogP contribution >= 0.6 is 11.3 Å². The lowest BCUT2D eigenvalue weighted by Gasteiger charge is -2.28. The monoisotopic (exact) mass is 489 g/mol. The molecular weight excluding hydrogens is 458 g/mol.